The molecule has 198 valence electrons. The summed E-state index contributed by atoms with van der Waals surface area (Å²) in [6.45, 7) is 1.44. The number of halogens is 5. The zero-order chi connectivity index (χ0) is 27.0. The van der Waals surface area contributed by atoms with Crippen LogP contribution in [0.5, 0.6) is 0 Å². The van der Waals surface area contributed by atoms with Gasteiger partial charge in [-0.05, 0) is 55.7 Å². The molecule has 0 saturated heterocycles. The van der Waals surface area contributed by atoms with Gasteiger partial charge in [0.15, 0.2) is 11.5 Å². The van der Waals surface area contributed by atoms with Gasteiger partial charge in [-0.25, -0.2) is 13.9 Å². The maximum atomic E-state index is 14.4. The summed E-state index contributed by atoms with van der Waals surface area (Å²) < 4.78 is 54.2. The molecule has 4 aromatic rings. The molecule has 0 atom stereocenters. The number of carbonyl (C=O) groups excluding carboxylic acids is 1. The molecule has 0 unspecified atom stereocenters. The fraction of sp³-hybridized carbons (Fsp3) is 0.269. The van der Waals surface area contributed by atoms with Crippen molar-refractivity contribution < 1.29 is 22.4 Å². The standard InChI is InChI=1S/C26H23ClF4N6O/c1-14-10-15(2-6-18(14)25(38)34-17-4-5-17)22-13-33-24-21(32-9-8-26(29,30)31)12-23(36-37(22)24)35-20-7-3-16(27)11-19(20)28/h2-3,6-7,10-13,17,32H,4-5,8-9H2,1H3,(H,34,38)(H,35,36). The van der Waals surface area contributed by atoms with Crippen LogP contribution in [-0.4, -0.2) is 39.3 Å². The lowest BCUT2D eigenvalue weighted by Gasteiger charge is -2.14. The fourth-order valence-electron chi connectivity index (χ4n) is 3.99. The molecule has 3 N–H and O–H groups in total. The van der Waals surface area contributed by atoms with Crippen LogP contribution in [-0.2, 0) is 0 Å². The van der Waals surface area contributed by atoms with Crippen molar-refractivity contribution in [1.29, 1.82) is 0 Å². The van der Waals surface area contributed by atoms with Gasteiger partial charge in [0.25, 0.3) is 5.91 Å². The van der Waals surface area contributed by atoms with Crippen LogP contribution in [0.3, 0.4) is 0 Å². The van der Waals surface area contributed by atoms with E-state index < -0.39 is 18.4 Å². The summed E-state index contributed by atoms with van der Waals surface area (Å²) in [5, 5.41) is 13.3. The van der Waals surface area contributed by atoms with E-state index in [4.69, 9.17) is 11.6 Å². The number of benzene rings is 2. The molecule has 1 aliphatic rings. The number of aromatic nitrogens is 3. The third-order valence-corrected chi connectivity index (χ3v) is 6.30. The normalized spacial score (nSPS) is 13.5. The minimum absolute atomic E-state index is 0.0889. The van der Waals surface area contributed by atoms with Crippen LogP contribution in [0, 0.1) is 12.7 Å². The molecule has 38 heavy (non-hydrogen) atoms. The van der Waals surface area contributed by atoms with Gasteiger partial charge >= 0.3 is 6.18 Å². The molecule has 7 nitrogen and oxygen atoms in total. The summed E-state index contributed by atoms with van der Waals surface area (Å²) in [6, 6.07) is 11.1. The van der Waals surface area contributed by atoms with Crippen molar-refractivity contribution in [3.05, 3.63) is 70.6 Å². The molecule has 1 amide bonds. The van der Waals surface area contributed by atoms with Gasteiger partial charge in [-0.15, -0.1) is 5.10 Å². The first-order chi connectivity index (χ1) is 18.1. The van der Waals surface area contributed by atoms with Crippen LogP contribution in [0.25, 0.3) is 16.9 Å². The van der Waals surface area contributed by atoms with E-state index >= 15 is 0 Å². The molecule has 2 aromatic carbocycles. The lowest BCUT2D eigenvalue weighted by atomic mass is 10.0. The molecule has 0 radical (unpaired) electrons. The van der Waals surface area contributed by atoms with E-state index in [1.807, 2.05) is 13.0 Å². The minimum Gasteiger partial charge on any atom is -0.382 e. The zero-order valence-corrected chi connectivity index (χ0v) is 20.9. The molecule has 5 rings (SSSR count). The van der Waals surface area contributed by atoms with Gasteiger partial charge in [0.05, 0.1) is 29.7 Å². The molecule has 2 aromatic heterocycles. The zero-order valence-electron chi connectivity index (χ0n) is 20.2. The van der Waals surface area contributed by atoms with Gasteiger partial charge in [0, 0.05) is 34.8 Å². The summed E-state index contributed by atoms with van der Waals surface area (Å²) in [5.74, 6) is -0.586. The van der Waals surface area contributed by atoms with Crippen molar-refractivity contribution in [2.75, 3.05) is 17.2 Å². The monoisotopic (exact) mass is 546 g/mol. The minimum atomic E-state index is -4.34. The quantitative estimate of drug-likeness (QED) is 0.220. The third kappa shape index (κ3) is 5.83. The van der Waals surface area contributed by atoms with E-state index in [9.17, 15) is 22.4 Å². The van der Waals surface area contributed by atoms with Crippen molar-refractivity contribution in [3.8, 4) is 11.3 Å². The van der Waals surface area contributed by atoms with Crippen molar-refractivity contribution in [2.24, 2.45) is 0 Å². The van der Waals surface area contributed by atoms with Crippen molar-refractivity contribution in [2.45, 2.75) is 38.4 Å². The molecule has 1 saturated carbocycles. The molecule has 0 spiro atoms. The number of nitrogens with one attached hydrogen (secondary N) is 3. The highest BCUT2D eigenvalue weighted by atomic mass is 35.5. The van der Waals surface area contributed by atoms with E-state index in [1.165, 1.54) is 22.7 Å². The second kappa shape index (κ2) is 10.1. The van der Waals surface area contributed by atoms with Gasteiger partial charge < -0.3 is 16.0 Å². The number of alkyl halides is 3. The van der Waals surface area contributed by atoms with Crippen LogP contribution >= 0.6 is 11.6 Å². The highest BCUT2D eigenvalue weighted by Crippen LogP contribution is 2.30. The second-order valence-electron chi connectivity index (χ2n) is 9.14. The lowest BCUT2D eigenvalue weighted by Crippen LogP contribution is -2.26. The van der Waals surface area contributed by atoms with Gasteiger partial charge in [0.1, 0.15) is 5.82 Å². The first-order valence-electron chi connectivity index (χ1n) is 11.9. The molecule has 0 bridgehead atoms. The number of carbonyl (C=O) groups is 1. The SMILES string of the molecule is Cc1cc(-c2cnc3c(NCCC(F)(F)F)cc(Nc4ccc(Cl)cc4F)nn23)ccc1C(=O)NC1CC1. The number of hydrogen-bond acceptors (Lipinski definition) is 5. The van der Waals surface area contributed by atoms with Crippen LogP contribution in [0.4, 0.5) is 34.8 Å². The first-order valence-corrected chi connectivity index (χ1v) is 12.3. The highest BCUT2D eigenvalue weighted by Gasteiger charge is 2.27. The summed E-state index contributed by atoms with van der Waals surface area (Å²) in [6.07, 6.45) is -1.89. The largest absolute Gasteiger partial charge is 0.390 e. The van der Waals surface area contributed by atoms with E-state index in [2.05, 4.69) is 26.0 Å². The molecular formula is C26H23ClF4N6O. The number of rotatable bonds is 8. The predicted molar refractivity (Wildman–Crippen MR) is 138 cm³/mol. The number of imidazole rings is 1. The molecule has 12 heteroatoms. The van der Waals surface area contributed by atoms with Crippen LogP contribution in [0.2, 0.25) is 5.02 Å². The highest BCUT2D eigenvalue weighted by molar-refractivity contribution is 6.30. The Balaban J connectivity index is 1.52. The first kappa shape index (κ1) is 25.8. The smallest absolute Gasteiger partial charge is 0.382 e. The topological polar surface area (TPSA) is 83.3 Å². The van der Waals surface area contributed by atoms with E-state index in [0.717, 1.165) is 24.5 Å². The van der Waals surface area contributed by atoms with Crippen molar-refractivity contribution >= 4 is 40.3 Å². The maximum Gasteiger partial charge on any atom is 0.390 e. The molecule has 2 heterocycles. The molecular weight excluding hydrogens is 524 g/mol. The van der Waals surface area contributed by atoms with E-state index in [-0.39, 0.29) is 46.4 Å². The maximum absolute atomic E-state index is 14.4. The van der Waals surface area contributed by atoms with Crippen molar-refractivity contribution in [3.63, 3.8) is 0 Å². The summed E-state index contributed by atoms with van der Waals surface area (Å²) >= 11 is 5.84. The van der Waals surface area contributed by atoms with Crippen LogP contribution in [0.15, 0.2) is 48.7 Å². The Bertz CT molecular complexity index is 1520. The predicted octanol–water partition coefficient (Wildman–Crippen LogP) is 6.50. The summed E-state index contributed by atoms with van der Waals surface area (Å²) in [4.78, 5) is 16.9. The Morgan fingerprint density at radius 3 is 2.61 bits per heavy atom. The Labute approximate surface area is 220 Å². The van der Waals surface area contributed by atoms with Crippen molar-refractivity contribution in [1.82, 2.24) is 19.9 Å². The number of anilines is 3. The number of nitrogens with zero attached hydrogens (tertiary/aromatic N) is 3. The lowest BCUT2D eigenvalue weighted by molar-refractivity contribution is -0.131. The molecule has 1 aliphatic carbocycles. The van der Waals surface area contributed by atoms with Gasteiger partial charge in [0.2, 0.25) is 0 Å². The van der Waals surface area contributed by atoms with E-state index in [0.29, 0.717) is 16.8 Å². The average molecular weight is 547 g/mol. The summed E-state index contributed by atoms with van der Waals surface area (Å²) in [7, 11) is 0. The number of fused-ring (bicyclic) bond motifs is 1. The number of amides is 1. The summed E-state index contributed by atoms with van der Waals surface area (Å²) in [5.41, 5.74) is 3.19. The van der Waals surface area contributed by atoms with Gasteiger partial charge in [-0.3, -0.25) is 4.79 Å². The second-order valence-corrected chi connectivity index (χ2v) is 9.58. The van der Waals surface area contributed by atoms with Crippen LogP contribution in [0.1, 0.15) is 35.2 Å². The van der Waals surface area contributed by atoms with Gasteiger partial charge in [-0.2, -0.15) is 13.2 Å². The number of hydrogen-bond donors (Lipinski definition) is 3. The Morgan fingerprint density at radius 1 is 1.13 bits per heavy atom. The fourth-order valence-corrected chi connectivity index (χ4v) is 4.15. The Morgan fingerprint density at radius 2 is 1.92 bits per heavy atom. The molecule has 1 fully saturated rings. The third-order valence-electron chi connectivity index (χ3n) is 6.06. The molecule has 0 aliphatic heterocycles. The Kier molecular flexibility index (Phi) is 6.87. The Hall–Kier alpha value is -3.86. The van der Waals surface area contributed by atoms with Gasteiger partial charge in [-0.1, -0.05) is 17.7 Å². The average Bonchev–Trinajstić information content (AvgIpc) is 3.55. The van der Waals surface area contributed by atoms with E-state index in [1.54, 1.807) is 18.3 Å². The number of aryl methyl sites for hydroxylation is 1. The van der Waals surface area contributed by atoms with Crippen LogP contribution < -0.4 is 16.0 Å².